The first-order valence-corrected chi connectivity index (χ1v) is 9.14. The molecule has 0 spiro atoms. The lowest BCUT2D eigenvalue weighted by molar-refractivity contribution is 0.0728. The second-order valence-electron chi connectivity index (χ2n) is 6.83. The smallest absolute Gasteiger partial charge is 0.256 e. The van der Waals surface area contributed by atoms with Crippen molar-refractivity contribution in [2.24, 2.45) is 16.7 Å². The first kappa shape index (κ1) is 21.3. The zero-order chi connectivity index (χ0) is 20.7. The number of carbonyl (C=O) groups is 1. The molecule has 8 heteroatoms. The van der Waals surface area contributed by atoms with Gasteiger partial charge in [0.2, 0.25) is 0 Å². The van der Waals surface area contributed by atoms with E-state index < -0.39 is 5.60 Å². The third-order valence-corrected chi connectivity index (χ3v) is 4.31. The minimum absolute atomic E-state index is 0.153. The van der Waals surface area contributed by atoms with Crippen LogP contribution in [0.2, 0.25) is 0 Å². The van der Waals surface area contributed by atoms with Crippen LogP contribution in [0.1, 0.15) is 42.5 Å². The second kappa shape index (κ2) is 9.29. The molecule has 28 heavy (non-hydrogen) atoms. The highest BCUT2D eigenvalue weighted by atomic mass is 16.3. The van der Waals surface area contributed by atoms with Gasteiger partial charge >= 0.3 is 0 Å². The SMILES string of the molecule is CCN(CCc1cccc(C(C)(C)O)n1)C(=O)c1ccccc1N(N)/N=C\N. The van der Waals surface area contributed by atoms with E-state index >= 15 is 0 Å². The third kappa shape index (κ3) is 5.28. The number of rotatable bonds is 8. The molecule has 0 aliphatic rings. The Morgan fingerprint density at radius 2 is 1.96 bits per heavy atom. The van der Waals surface area contributed by atoms with Gasteiger partial charge < -0.3 is 15.7 Å². The fourth-order valence-corrected chi connectivity index (χ4v) is 2.77. The Morgan fingerprint density at radius 3 is 2.61 bits per heavy atom. The van der Waals surface area contributed by atoms with Gasteiger partial charge in [0.25, 0.3) is 5.91 Å². The molecule has 0 saturated heterocycles. The molecule has 1 aromatic heterocycles. The van der Waals surface area contributed by atoms with Crippen LogP contribution < -0.4 is 16.7 Å². The topological polar surface area (TPSA) is 121 Å². The van der Waals surface area contributed by atoms with E-state index in [2.05, 4.69) is 10.1 Å². The average Bonchev–Trinajstić information content (AvgIpc) is 2.68. The van der Waals surface area contributed by atoms with Crippen LogP contribution in [-0.2, 0) is 12.0 Å². The molecule has 0 aliphatic carbocycles. The number of aromatic nitrogens is 1. The summed E-state index contributed by atoms with van der Waals surface area (Å²) in [4.78, 5) is 19.3. The van der Waals surface area contributed by atoms with Crippen LogP contribution in [0.3, 0.4) is 0 Å². The summed E-state index contributed by atoms with van der Waals surface area (Å²) in [7, 11) is 0. The van der Waals surface area contributed by atoms with Crippen molar-refractivity contribution in [2.75, 3.05) is 18.2 Å². The van der Waals surface area contributed by atoms with Crippen molar-refractivity contribution < 1.29 is 9.90 Å². The van der Waals surface area contributed by atoms with Gasteiger partial charge in [-0.15, -0.1) is 5.10 Å². The summed E-state index contributed by atoms with van der Waals surface area (Å²) >= 11 is 0. The summed E-state index contributed by atoms with van der Waals surface area (Å²) in [6, 6.07) is 12.5. The molecule has 0 bridgehead atoms. The number of aliphatic hydroxyl groups is 1. The molecule has 2 rings (SSSR count). The molecule has 8 nitrogen and oxygen atoms in total. The first-order chi connectivity index (χ1) is 13.3. The molecule has 0 fully saturated rings. The molecular formula is C20H28N6O2. The third-order valence-electron chi connectivity index (χ3n) is 4.31. The summed E-state index contributed by atoms with van der Waals surface area (Å²) in [5.41, 5.74) is 6.61. The number of amides is 1. The number of hydrogen-bond donors (Lipinski definition) is 3. The maximum Gasteiger partial charge on any atom is 0.256 e. The summed E-state index contributed by atoms with van der Waals surface area (Å²) in [6.45, 7) is 6.32. The normalized spacial score (nSPS) is 11.6. The van der Waals surface area contributed by atoms with Crippen molar-refractivity contribution in [1.29, 1.82) is 0 Å². The number of likely N-dealkylation sites (N-methyl/N-ethyl adjacent to an activating group) is 1. The van der Waals surface area contributed by atoms with Crippen molar-refractivity contribution in [3.05, 3.63) is 59.4 Å². The Balaban J connectivity index is 2.18. The standard InChI is InChI=1S/C20H28N6O2/c1-4-25(13-12-15-8-7-11-18(24-15)20(2,3)28)19(27)16-9-5-6-10-17(16)26(22)23-14-21/h5-11,14,28H,4,12-13,22H2,1-3H3,(H2,21,23). The van der Waals surface area contributed by atoms with Gasteiger partial charge in [-0.1, -0.05) is 18.2 Å². The Hall–Kier alpha value is -2.97. The molecule has 1 heterocycles. The van der Waals surface area contributed by atoms with Gasteiger partial charge in [-0.2, -0.15) is 5.12 Å². The second-order valence-corrected chi connectivity index (χ2v) is 6.83. The number of nitrogens with two attached hydrogens (primary N) is 2. The maximum atomic E-state index is 13.1. The molecule has 150 valence electrons. The van der Waals surface area contributed by atoms with E-state index in [4.69, 9.17) is 11.6 Å². The van der Waals surface area contributed by atoms with Gasteiger partial charge in [0.15, 0.2) is 0 Å². The lowest BCUT2D eigenvalue weighted by Crippen LogP contribution is -2.35. The zero-order valence-electron chi connectivity index (χ0n) is 16.5. The highest BCUT2D eigenvalue weighted by molar-refractivity contribution is 5.99. The molecule has 1 amide bonds. The Kier molecular flexibility index (Phi) is 7.08. The van der Waals surface area contributed by atoms with Gasteiger partial charge in [-0.25, -0.2) is 5.84 Å². The van der Waals surface area contributed by atoms with Gasteiger partial charge in [0.1, 0.15) is 11.9 Å². The number of hydrazone groups is 1. The van der Waals surface area contributed by atoms with Crippen LogP contribution in [-0.4, -0.2) is 40.3 Å². The predicted molar refractivity (Wildman–Crippen MR) is 111 cm³/mol. The lowest BCUT2D eigenvalue weighted by Gasteiger charge is -2.24. The average molecular weight is 384 g/mol. The van der Waals surface area contributed by atoms with E-state index in [9.17, 15) is 9.90 Å². The summed E-state index contributed by atoms with van der Waals surface area (Å²) < 4.78 is 0. The zero-order valence-corrected chi connectivity index (χ0v) is 16.5. The largest absolute Gasteiger partial charge is 0.388 e. The minimum atomic E-state index is -1.01. The number of nitrogens with zero attached hydrogens (tertiary/aromatic N) is 4. The quantitative estimate of drug-likeness (QED) is 0.275. The van der Waals surface area contributed by atoms with Crippen molar-refractivity contribution >= 4 is 17.9 Å². The molecule has 0 aliphatic heterocycles. The lowest BCUT2D eigenvalue weighted by atomic mass is 10.0. The van der Waals surface area contributed by atoms with E-state index in [1.54, 1.807) is 49.1 Å². The fraction of sp³-hybridized carbons (Fsp3) is 0.350. The predicted octanol–water partition coefficient (Wildman–Crippen LogP) is 1.60. The Morgan fingerprint density at radius 1 is 1.25 bits per heavy atom. The van der Waals surface area contributed by atoms with Crippen molar-refractivity contribution in [1.82, 2.24) is 9.88 Å². The van der Waals surface area contributed by atoms with Crippen molar-refractivity contribution in [3.63, 3.8) is 0 Å². The highest BCUT2D eigenvalue weighted by Gasteiger charge is 2.21. The highest BCUT2D eigenvalue weighted by Crippen LogP contribution is 2.21. The van der Waals surface area contributed by atoms with Crippen LogP contribution >= 0.6 is 0 Å². The molecular weight excluding hydrogens is 356 g/mol. The van der Waals surface area contributed by atoms with E-state index in [0.717, 1.165) is 17.2 Å². The summed E-state index contributed by atoms with van der Waals surface area (Å²) in [5, 5.41) is 15.0. The fourth-order valence-electron chi connectivity index (χ4n) is 2.77. The van der Waals surface area contributed by atoms with Gasteiger partial charge in [-0.05, 0) is 45.0 Å². The molecule has 0 atom stereocenters. The molecule has 2 aromatic rings. The number of para-hydroxylation sites is 1. The Bertz CT molecular complexity index is 831. The van der Waals surface area contributed by atoms with Crippen molar-refractivity contribution in [3.8, 4) is 0 Å². The number of hydrogen-bond acceptors (Lipinski definition) is 6. The molecule has 0 unspecified atom stereocenters. The molecule has 1 aromatic carbocycles. The van der Waals surface area contributed by atoms with Gasteiger partial charge in [0.05, 0.1) is 16.9 Å². The van der Waals surface area contributed by atoms with E-state index in [1.807, 2.05) is 19.1 Å². The van der Waals surface area contributed by atoms with E-state index in [-0.39, 0.29) is 5.91 Å². The molecule has 0 radical (unpaired) electrons. The number of carbonyl (C=O) groups excluding carboxylic acids is 1. The molecule has 5 N–H and O–H groups in total. The van der Waals surface area contributed by atoms with Crippen molar-refractivity contribution in [2.45, 2.75) is 32.8 Å². The van der Waals surface area contributed by atoms with E-state index in [0.29, 0.717) is 36.5 Å². The van der Waals surface area contributed by atoms with Gasteiger partial charge in [0, 0.05) is 25.2 Å². The number of hydrazine groups is 1. The van der Waals surface area contributed by atoms with Crippen LogP contribution in [0.5, 0.6) is 0 Å². The van der Waals surface area contributed by atoms with Crippen LogP contribution in [0.25, 0.3) is 0 Å². The summed E-state index contributed by atoms with van der Waals surface area (Å²) in [6.07, 6.45) is 1.64. The Labute approximate surface area is 165 Å². The number of pyridine rings is 1. The van der Waals surface area contributed by atoms with Crippen LogP contribution in [0.4, 0.5) is 5.69 Å². The maximum absolute atomic E-state index is 13.1. The van der Waals surface area contributed by atoms with E-state index in [1.165, 1.54) is 0 Å². The minimum Gasteiger partial charge on any atom is -0.388 e. The number of benzene rings is 1. The van der Waals surface area contributed by atoms with Gasteiger partial charge in [-0.3, -0.25) is 9.78 Å². The first-order valence-electron chi connectivity index (χ1n) is 9.14. The van der Waals surface area contributed by atoms with Crippen LogP contribution in [0, 0.1) is 0 Å². The van der Waals surface area contributed by atoms with Crippen LogP contribution in [0.15, 0.2) is 47.6 Å². The monoisotopic (exact) mass is 384 g/mol. The molecule has 0 saturated carbocycles. The number of anilines is 1. The summed E-state index contributed by atoms with van der Waals surface area (Å²) in [5.74, 6) is 5.71.